The second kappa shape index (κ2) is 3.75. The van der Waals surface area contributed by atoms with E-state index in [2.05, 4.69) is 25.9 Å². The van der Waals surface area contributed by atoms with Gasteiger partial charge in [0.2, 0.25) is 0 Å². The van der Waals surface area contributed by atoms with Crippen LogP contribution in [0.1, 0.15) is 26.3 Å². The number of aliphatic hydroxyl groups is 1. The van der Waals surface area contributed by atoms with Crippen molar-refractivity contribution in [2.75, 3.05) is 6.61 Å². The molecule has 0 aliphatic heterocycles. The lowest BCUT2D eigenvalue weighted by molar-refractivity contribution is 0.343. The van der Waals surface area contributed by atoms with Crippen LogP contribution in [0.2, 0.25) is 0 Å². The van der Waals surface area contributed by atoms with E-state index in [0.29, 0.717) is 0 Å². The summed E-state index contributed by atoms with van der Waals surface area (Å²) in [6.45, 7) is 6.36. The SMILES string of the molecule is CC(C)(C)n1cc(C=CCO)cn1. The van der Waals surface area contributed by atoms with Gasteiger partial charge in [-0.25, -0.2) is 0 Å². The van der Waals surface area contributed by atoms with E-state index in [1.54, 1.807) is 12.3 Å². The molecule has 0 radical (unpaired) electrons. The van der Waals surface area contributed by atoms with E-state index in [4.69, 9.17) is 5.11 Å². The fourth-order valence-corrected chi connectivity index (χ4v) is 0.978. The molecule has 72 valence electrons. The van der Waals surface area contributed by atoms with Gasteiger partial charge in [-0.05, 0) is 20.8 Å². The Morgan fingerprint density at radius 3 is 2.69 bits per heavy atom. The zero-order valence-corrected chi connectivity index (χ0v) is 8.36. The molecular weight excluding hydrogens is 164 g/mol. The summed E-state index contributed by atoms with van der Waals surface area (Å²) in [7, 11) is 0. The van der Waals surface area contributed by atoms with Gasteiger partial charge in [0, 0.05) is 11.8 Å². The van der Waals surface area contributed by atoms with Gasteiger partial charge in [-0.15, -0.1) is 0 Å². The summed E-state index contributed by atoms with van der Waals surface area (Å²) >= 11 is 0. The van der Waals surface area contributed by atoms with Crippen molar-refractivity contribution in [3.8, 4) is 0 Å². The van der Waals surface area contributed by atoms with E-state index in [1.165, 1.54) is 0 Å². The fraction of sp³-hybridized carbons (Fsp3) is 0.500. The highest BCUT2D eigenvalue weighted by Crippen LogP contribution is 2.13. The lowest BCUT2D eigenvalue weighted by atomic mass is 10.1. The number of nitrogens with zero attached hydrogens (tertiary/aromatic N) is 2. The van der Waals surface area contributed by atoms with E-state index in [1.807, 2.05) is 17.0 Å². The molecule has 1 aromatic rings. The van der Waals surface area contributed by atoms with Crippen LogP contribution in [-0.4, -0.2) is 21.5 Å². The first-order valence-electron chi connectivity index (χ1n) is 4.36. The Hall–Kier alpha value is -1.09. The average molecular weight is 180 g/mol. The number of aromatic nitrogens is 2. The molecule has 0 saturated heterocycles. The van der Waals surface area contributed by atoms with Crippen molar-refractivity contribution < 1.29 is 5.11 Å². The largest absolute Gasteiger partial charge is 0.392 e. The van der Waals surface area contributed by atoms with E-state index in [9.17, 15) is 0 Å². The molecule has 0 unspecified atom stereocenters. The van der Waals surface area contributed by atoms with E-state index < -0.39 is 0 Å². The molecular formula is C10H16N2O. The summed E-state index contributed by atoms with van der Waals surface area (Å²) < 4.78 is 1.91. The van der Waals surface area contributed by atoms with Crippen molar-refractivity contribution >= 4 is 6.08 Å². The van der Waals surface area contributed by atoms with Crippen molar-refractivity contribution in [1.82, 2.24) is 9.78 Å². The minimum atomic E-state index is 0.0192. The molecule has 0 saturated carbocycles. The summed E-state index contributed by atoms with van der Waals surface area (Å²) in [5.41, 5.74) is 1.04. The zero-order valence-electron chi connectivity index (χ0n) is 8.36. The summed E-state index contributed by atoms with van der Waals surface area (Å²) in [5.74, 6) is 0. The first kappa shape index (κ1) is 9.99. The summed E-state index contributed by atoms with van der Waals surface area (Å²) in [6, 6.07) is 0. The highest BCUT2D eigenvalue weighted by Gasteiger charge is 2.12. The van der Waals surface area contributed by atoms with Gasteiger partial charge in [0.25, 0.3) is 0 Å². The van der Waals surface area contributed by atoms with Gasteiger partial charge in [0.1, 0.15) is 0 Å². The van der Waals surface area contributed by atoms with Crippen LogP contribution < -0.4 is 0 Å². The Bertz CT molecular complexity index is 294. The van der Waals surface area contributed by atoms with Gasteiger partial charge < -0.3 is 5.11 Å². The van der Waals surface area contributed by atoms with Crippen LogP contribution in [0.3, 0.4) is 0 Å². The number of hydrogen-bond donors (Lipinski definition) is 1. The van der Waals surface area contributed by atoms with E-state index in [0.717, 1.165) is 5.56 Å². The first-order chi connectivity index (χ1) is 6.04. The predicted octanol–water partition coefficient (Wildman–Crippen LogP) is 1.64. The third-order valence-electron chi connectivity index (χ3n) is 1.71. The maximum absolute atomic E-state index is 8.58. The molecule has 1 rings (SSSR count). The molecule has 0 amide bonds. The third-order valence-corrected chi connectivity index (χ3v) is 1.71. The summed E-state index contributed by atoms with van der Waals surface area (Å²) in [5, 5.41) is 12.8. The highest BCUT2D eigenvalue weighted by molar-refractivity contribution is 5.46. The molecule has 0 aliphatic rings. The van der Waals surface area contributed by atoms with Crippen molar-refractivity contribution in [2.24, 2.45) is 0 Å². The monoisotopic (exact) mass is 180 g/mol. The average Bonchev–Trinajstić information content (AvgIpc) is 2.47. The summed E-state index contributed by atoms with van der Waals surface area (Å²) in [4.78, 5) is 0. The Balaban J connectivity index is 2.81. The van der Waals surface area contributed by atoms with Gasteiger partial charge in [-0.3, -0.25) is 4.68 Å². The topological polar surface area (TPSA) is 38.0 Å². The lowest BCUT2D eigenvalue weighted by Crippen LogP contribution is -2.21. The quantitative estimate of drug-likeness (QED) is 0.751. The Kier molecular flexibility index (Phi) is 2.88. The molecule has 0 bridgehead atoms. The number of rotatable bonds is 2. The smallest absolute Gasteiger partial charge is 0.0615 e. The van der Waals surface area contributed by atoms with Crippen molar-refractivity contribution in [2.45, 2.75) is 26.3 Å². The van der Waals surface area contributed by atoms with E-state index >= 15 is 0 Å². The molecule has 0 fully saturated rings. The molecule has 1 aromatic heterocycles. The minimum Gasteiger partial charge on any atom is -0.392 e. The van der Waals surface area contributed by atoms with Gasteiger partial charge in [-0.1, -0.05) is 12.2 Å². The first-order valence-corrected chi connectivity index (χ1v) is 4.36. The van der Waals surface area contributed by atoms with Crippen molar-refractivity contribution in [1.29, 1.82) is 0 Å². The molecule has 3 nitrogen and oxygen atoms in total. The second-order valence-electron chi connectivity index (χ2n) is 3.97. The fourth-order valence-electron chi connectivity index (χ4n) is 0.978. The minimum absolute atomic E-state index is 0.0192. The Morgan fingerprint density at radius 1 is 1.54 bits per heavy atom. The molecule has 0 atom stereocenters. The Morgan fingerprint density at radius 2 is 2.23 bits per heavy atom. The third kappa shape index (κ3) is 2.70. The molecule has 13 heavy (non-hydrogen) atoms. The van der Waals surface area contributed by atoms with Crippen molar-refractivity contribution in [3.63, 3.8) is 0 Å². The van der Waals surface area contributed by atoms with Gasteiger partial charge in [-0.2, -0.15) is 5.10 Å². The van der Waals surface area contributed by atoms with Crippen LogP contribution >= 0.6 is 0 Å². The molecule has 0 aliphatic carbocycles. The van der Waals surface area contributed by atoms with E-state index in [-0.39, 0.29) is 12.1 Å². The van der Waals surface area contributed by atoms with Gasteiger partial charge >= 0.3 is 0 Å². The molecule has 1 heterocycles. The second-order valence-corrected chi connectivity index (χ2v) is 3.97. The number of hydrogen-bond acceptors (Lipinski definition) is 2. The predicted molar refractivity (Wildman–Crippen MR) is 53.3 cm³/mol. The van der Waals surface area contributed by atoms with Crippen LogP contribution in [0.5, 0.6) is 0 Å². The summed E-state index contributed by atoms with van der Waals surface area (Å²) in [6.07, 6.45) is 7.31. The van der Waals surface area contributed by atoms with Gasteiger partial charge in [0.15, 0.2) is 0 Å². The standard InChI is InChI=1S/C10H16N2O/c1-10(2,3)12-8-9(7-11-12)5-4-6-13/h4-5,7-8,13H,6H2,1-3H3. The van der Waals surface area contributed by atoms with Crippen LogP contribution in [0, 0.1) is 0 Å². The van der Waals surface area contributed by atoms with Crippen LogP contribution in [-0.2, 0) is 5.54 Å². The normalized spacial score (nSPS) is 12.6. The van der Waals surface area contributed by atoms with Gasteiger partial charge in [0.05, 0.1) is 18.3 Å². The number of aliphatic hydroxyl groups excluding tert-OH is 1. The highest BCUT2D eigenvalue weighted by atomic mass is 16.2. The molecule has 0 spiro atoms. The van der Waals surface area contributed by atoms with Crippen LogP contribution in [0.4, 0.5) is 0 Å². The Labute approximate surface area is 78.7 Å². The van der Waals surface area contributed by atoms with Crippen molar-refractivity contribution in [3.05, 3.63) is 24.0 Å². The molecule has 0 aromatic carbocycles. The molecule has 3 heteroatoms. The van der Waals surface area contributed by atoms with Crippen LogP contribution in [0.25, 0.3) is 6.08 Å². The molecule has 1 N–H and O–H groups in total. The lowest BCUT2D eigenvalue weighted by Gasteiger charge is -2.18. The maximum atomic E-state index is 8.58. The zero-order chi connectivity index (χ0) is 9.90. The van der Waals surface area contributed by atoms with Crippen LogP contribution in [0.15, 0.2) is 18.5 Å². The maximum Gasteiger partial charge on any atom is 0.0615 e.